The maximum atomic E-state index is 3.89. The molecule has 0 rings (SSSR count). The van der Waals surface area contributed by atoms with Gasteiger partial charge in [0, 0.05) is 0 Å². The van der Waals surface area contributed by atoms with Gasteiger partial charge in [-0.2, -0.15) is 0 Å². The van der Waals surface area contributed by atoms with Gasteiger partial charge in [0.2, 0.25) is 0 Å². The van der Waals surface area contributed by atoms with Gasteiger partial charge in [-0.3, -0.25) is 0 Å². The van der Waals surface area contributed by atoms with Crippen LogP contribution in [0.4, 0.5) is 0 Å². The fourth-order valence-corrected chi connectivity index (χ4v) is 3.09. The standard InChI is InChI=1S/C22H44/c1-3-5-7-9-11-13-15-17-19-21-22-20-18-16-14-12-10-8-6-4-2/h19H,1,3-18,20-22H2,2H3. The van der Waals surface area contributed by atoms with Gasteiger partial charge in [0.15, 0.2) is 0 Å². The van der Waals surface area contributed by atoms with Crippen LogP contribution in [0.25, 0.3) is 0 Å². The summed E-state index contributed by atoms with van der Waals surface area (Å²) in [6.45, 7) is 6.19. The van der Waals surface area contributed by atoms with Gasteiger partial charge in [-0.15, -0.1) is 0 Å². The Kier molecular flexibility index (Phi) is 21.0. The Morgan fingerprint density at radius 2 is 0.864 bits per heavy atom. The smallest absolute Gasteiger partial charge is 0.0386 e. The monoisotopic (exact) mass is 308 g/mol. The molecular weight excluding hydrogens is 264 g/mol. The number of hydrogen-bond donors (Lipinski definition) is 0. The largest absolute Gasteiger partial charge is 0.0654 e. The molecule has 22 heavy (non-hydrogen) atoms. The summed E-state index contributed by atoms with van der Waals surface area (Å²) in [5, 5.41) is 0. The Balaban J connectivity index is 2.91. The Morgan fingerprint density at radius 3 is 1.27 bits per heavy atom. The van der Waals surface area contributed by atoms with Crippen LogP contribution >= 0.6 is 0 Å². The molecule has 0 aliphatic rings. The van der Waals surface area contributed by atoms with Gasteiger partial charge >= 0.3 is 0 Å². The molecule has 0 saturated carbocycles. The molecule has 0 saturated heterocycles. The third-order valence-electron chi connectivity index (χ3n) is 4.67. The van der Waals surface area contributed by atoms with Crippen molar-refractivity contribution in [2.24, 2.45) is 0 Å². The van der Waals surface area contributed by atoms with Crippen LogP contribution in [-0.2, 0) is 0 Å². The predicted molar refractivity (Wildman–Crippen MR) is 103 cm³/mol. The summed E-state index contributed by atoms with van der Waals surface area (Å²) in [6, 6.07) is 0. The summed E-state index contributed by atoms with van der Waals surface area (Å²) in [6.07, 6.45) is 29.3. The third kappa shape index (κ3) is 20.0. The highest BCUT2D eigenvalue weighted by Gasteiger charge is 1.95. The van der Waals surface area contributed by atoms with Crippen molar-refractivity contribution in [1.82, 2.24) is 0 Å². The first-order chi connectivity index (χ1) is 10.9. The highest BCUT2D eigenvalue weighted by Crippen LogP contribution is 2.14. The zero-order valence-electron chi connectivity index (χ0n) is 15.7. The van der Waals surface area contributed by atoms with Gasteiger partial charge in [0.1, 0.15) is 0 Å². The summed E-state index contributed by atoms with van der Waals surface area (Å²) in [5.41, 5.74) is 0. The number of unbranched alkanes of at least 4 members (excludes halogenated alkanes) is 19. The Morgan fingerprint density at radius 1 is 0.500 bits per heavy atom. The average molecular weight is 309 g/mol. The lowest BCUT2D eigenvalue weighted by Gasteiger charge is -2.03. The van der Waals surface area contributed by atoms with E-state index in [1.54, 1.807) is 0 Å². The van der Waals surface area contributed by atoms with Crippen LogP contribution in [-0.4, -0.2) is 0 Å². The lowest BCUT2D eigenvalue weighted by Crippen LogP contribution is -1.84. The minimum atomic E-state index is 1.12. The quantitative estimate of drug-likeness (QED) is 0.210. The van der Waals surface area contributed by atoms with Crippen molar-refractivity contribution in [2.75, 3.05) is 0 Å². The van der Waals surface area contributed by atoms with E-state index in [0.717, 1.165) is 6.42 Å². The van der Waals surface area contributed by atoms with E-state index >= 15 is 0 Å². The van der Waals surface area contributed by atoms with Crippen LogP contribution in [0.3, 0.4) is 0 Å². The Bertz CT molecular complexity index is 153. The van der Waals surface area contributed by atoms with Crippen molar-refractivity contribution in [3.63, 3.8) is 0 Å². The van der Waals surface area contributed by atoms with E-state index in [2.05, 4.69) is 20.3 Å². The normalized spacial score (nSPS) is 11.2. The van der Waals surface area contributed by atoms with E-state index in [4.69, 9.17) is 0 Å². The minimum Gasteiger partial charge on any atom is -0.0654 e. The highest BCUT2D eigenvalue weighted by molar-refractivity contribution is 4.64. The second-order valence-electron chi connectivity index (χ2n) is 7.02. The van der Waals surface area contributed by atoms with Gasteiger partial charge in [-0.05, 0) is 6.42 Å². The first kappa shape index (κ1) is 22.0. The summed E-state index contributed by atoms with van der Waals surface area (Å²) in [7, 11) is 0. The highest BCUT2D eigenvalue weighted by atomic mass is 14.0. The summed E-state index contributed by atoms with van der Waals surface area (Å²) in [5.74, 6) is 0. The van der Waals surface area contributed by atoms with Crippen LogP contribution < -0.4 is 0 Å². The first-order valence-corrected chi connectivity index (χ1v) is 10.5. The minimum absolute atomic E-state index is 1.12. The van der Waals surface area contributed by atoms with E-state index in [1.807, 2.05) is 0 Å². The molecule has 0 heterocycles. The van der Waals surface area contributed by atoms with Crippen molar-refractivity contribution >= 4 is 0 Å². The third-order valence-corrected chi connectivity index (χ3v) is 4.67. The SMILES string of the molecule is [CH2]CCCCCCCC[CH]CCCCCCCCCCCC. The predicted octanol–water partition coefficient (Wildman–Crippen LogP) is 8.46. The van der Waals surface area contributed by atoms with E-state index in [9.17, 15) is 0 Å². The maximum Gasteiger partial charge on any atom is -0.0386 e. The van der Waals surface area contributed by atoms with Crippen LogP contribution in [0.2, 0.25) is 0 Å². The zero-order chi connectivity index (χ0) is 16.1. The fraction of sp³-hybridized carbons (Fsp3) is 0.909. The van der Waals surface area contributed by atoms with Gasteiger partial charge in [-0.25, -0.2) is 0 Å². The molecular formula is C22H44. The molecule has 0 aliphatic carbocycles. The van der Waals surface area contributed by atoms with E-state index in [1.165, 1.54) is 116 Å². The molecule has 0 heteroatoms. The first-order valence-electron chi connectivity index (χ1n) is 10.5. The molecule has 0 nitrogen and oxygen atoms in total. The summed E-state index contributed by atoms with van der Waals surface area (Å²) >= 11 is 0. The summed E-state index contributed by atoms with van der Waals surface area (Å²) < 4.78 is 0. The van der Waals surface area contributed by atoms with Crippen molar-refractivity contribution in [2.45, 2.75) is 129 Å². The molecule has 0 spiro atoms. The van der Waals surface area contributed by atoms with E-state index < -0.39 is 0 Å². The Labute approximate surface area is 142 Å². The van der Waals surface area contributed by atoms with Crippen molar-refractivity contribution in [3.05, 3.63) is 13.3 Å². The fourth-order valence-electron chi connectivity index (χ4n) is 3.09. The molecule has 0 aromatic carbocycles. The molecule has 0 N–H and O–H groups in total. The topological polar surface area (TPSA) is 0 Å². The van der Waals surface area contributed by atoms with Crippen LogP contribution in [0.15, 0.2) is 0 Å². The van der Waals surface area contributed by atoms with Gasteiger partial charge in [0.25, 0.3) is 0 Å². The van der Waals surface area contributed by atoms with Gasteiger partial charge in [-0.1, -0.05) is 136 Å². The molecule has 0 aliphatic heterocycles. The average Bonchev–Trinajstić information content (AvgIpc) is 2.54. The van der Waals surface area contributed by atoms with E-state index in [0.29, 0.717) is 0 Å². The van der Waals surface area contributed by atoms with E-state index in [-0.39, 0.29) is 0 Å². The molecule has 0 aromatic rings. The van der Waals surface area contributed by atoms with Crippen LogP contribution in [0.1, 0.15) is 129 Å². The molecule has 0 fully saturated rings. The zero-order valence-corrected chi connectivity index (χ0v) is 15.7. The molecule has 0 aromatic heterocycles. The Hall–Kier alpha value is 0. The molecule has 0 bridgehead atoms. The second-order valence-corrected chi connectivity index (χ2v) is 7.02. The summed E-state index contributed by atoms with van der Waals surface area (Å²) in [4.78, 5) is 0. The molecule has 0 atom stereocenters. The second kappa shape index (κ2) is 21.0. The number of rotatable bonds is 19. The van der Waals surface area contributed by atoms with Gasteiger partial charge in [0.05, 0.1) is 0 Å². The lowest BCUT2D eigenvalue weighted by molar-refractivity contribution is 0.551. The molecule has 0 amide bonds. The molecule has 0 unspecified atom stereocenters. The van der Waals surface area contributed by atoms with Crippen LogP contribution in [0, 0.1) is 13.3 Å². The van der Waals surface area contributed by atoms with Crippen molar-refractivity contribution < 1.29 is 0 Å². The van der Waals surface area contributed by atoms with Gasteiger partial charge < -0.3 is 0 Å². The maximum absolute atomic E-state index is 3.89. The van der Waals surface area contributed by atoms with Crippen molar-refractivity contribution in [1.29, 1.82) is 0 Å². The number of hydrogen-bond acceptors (Lipinski definition) is 0. The lowest BCUT2D eigenvalue weighted by atomic mass is 10.0. The molecule has 132 valence electrons. The van der Waals surface area contributed by atoms with Crippen molar-refractivity contribution in [3.8, 4) is 0 Å². The van der Waals surface area contributed by atoms with Crippen LogP contribution in [0.5, 0.6) is 0 Å². The molecule has 2 radical (unpaired) electrons.